The SMILES string of the molecule is O=C(Nc1ccc(Br)cc1F)[C@@H]1CCCO1. The number of carbonyl (C=O) groups excluding carboxylic acids is 1. The highest BCUT2D eigenvalue weighted by molar-refractivity contribution is 9.10. The van der Waals surface area contributed by atoms with Crippen LogP contribution in [0.15, 0.2) is 22.7 Å². The largest absolute Gasteiger partial charge is 0.368 e. The number of amides is 1. The molecule has 3 nitrogen and oxygen atoms in total. The molecular weight excluding hydrogens is 277 g/mol. The average molecular weight is 288 g/mol. The van der Waals surface area contributed by atoms with Crippen molar-refractivity contribution >= 4 is 27.5 Å². The van der Waals surface area contributed by atoms with E-state index in [1.807, 2.05) is 0 Å². The summed E-state index contributed by atoms with van der Waals surface area (Å²) in [5.41, 5.74) is 0.184. The van der Waals surface area contributed by atoms with Crippen molar-refractivity contribution in [3.63, 3.8) is 0 Å². The first kappa shape index (κ1) is 11.5. The molecule has 0 radical (unpaired) electrons. The number of ether oxygens (including phenoxy) is 1. The van der Waals surface area contributed by atoms with Crippen molar-refractivity contribution in [2.24, 2.45) is 0 Å². The number of rotatable bonds is 2. The van der Waals surface area contributed by atoms with Crippen LogP contribution in [0.3, 0.4) is 0 Å². The van der Waals surface area contributed by atoms with Crippen LogP contribution < -0.4 is 5.32 Å². The van der Waals surface area contributed by atoms with E-state index >= 15 is 0 Å². The first-order valence-electron chi connectivity index (χ1n) is 5.04. The Morgan fingerprint density at radius 1 is 1.56 bits per heavy atom. The molecule has 0 saturated carbocycles. The molecule has 1 amide bonds. The van der Waals surface area contributed by atoms with Crippen LogP contribution in [0, 0.1) is 5.82 Å². The zero-order valence-electron chi connectivity index (χ0n) is 8.50. The predicted molar refractivity (Wildman–Crippen MR) is 61.7 cm³/mol. The van der Waals surface area contributed by atoms with Crippen molar-refractivity contribution in [3.05, 3.63) is 28.5 Å². The van der Waals surface area contributed by atoms with Crippen LogP contribution in [0.1, 0.15) is 12.8 Å². The third-order valence-corrected chi connectivity index (χ3v) is 2.90. The summed E-state index contributed by atoms with van der Waals surface area (Å²) in [6.45, 7) is 0.598. The predicted octanol–water partition coefficient (Wildman–Crippen LogP) is 2.71. The van der Waals surface area contributed by atoms with E-state index in [1.54, 1.807) is 6.07 Å². The van der Waals surface area contributed by atoms with Gasteiger partial charge in [-0.15, -0.1) is 0 Å². The lowest BCUT2D eigenvalue weighted by atomic mass is 10.2. The quantitative estimate of drug-likeness (QED) is 0.908. The number of benzene rings is 1. The first-order chi connectivity index (χ1) is 7.66. The smallest absolute Gasteiger partial charge is 0.253 e. The fourth-order valence-electron chi connectivity index (χ4n) is 1.59. The van der Waals surface area contributed by atoms with Gasteiger partial charge in [0.2, 0.25) is 0 Å². The van der Waals surface area contributed by atoms with Gasteiger partial charge in [-0.1, -0.05) is 15.9 Å². The Morgan fingerprint density at radius 2 is 2.38 bits per heavy atom. The summed E-state index contributed by atoms with van der Waals surface area (Å²) >= 11 is 3.15. The number of nitrogens with one attached hydrogen (secondary N) is 1. The molecule has 1 N–H and O–H groups in total. The molecule has 5 heteroatoms. The van der Waals surface area contributed by atoms with E-state index in [4.69, 9.17) is 4.74 Å². The van der Waals surface area contributed by atoms with E-state index in [0.29, 0.717) is 17.5 Å². The van der Waals surface area contributed by atoms with Gasteiger partial charge >= 0.3 is 0 Å². The van der Waals surface area contributed by atoms with E-state index in [0.717, 1.165) is 6.42 Å². The molecule has 1 aliphatic heterocycles. The van der Waals surface area contributed by atoms with Gasteiger partial charge in [-0.25, -0.2) is 4.39 Å². The van der Waals surface area contributed by atoms with Crippen molar-refractivity contribution in [3.8, 4) is 0 Å². The fourth-order valence-corrected chi connectivity index (χ4v) is 1.92. The number of hydrogen-bond acceptors (Lipinski definition) is 2. The Labute approximate surface area is 101 Å². The fraction of sp³-hybridized carbons (Fsp3) is 0.364. The number of halogens is 2. The van der Waals surface area contributed by atoms with Crippen molar-refractivity contribution in [2.45, 2.75) is 18.9 Å². The van der Waals surface area contributed by atoms with Gasteiger partial charge < -0.3 is 10.1 Å². The molecule has 1 fully saturated rings. The van der Waals surface area contributed by atoms with Crippen molar-refractivity contribution in [2.75, 3.05) is 11.9 Å². The van der Waals surface area contributed by atoms with Crippen LogP contribution in [-0.2, 0) is 9.53 Å². The molecule has 1 atom stereocenters. The van der Waals surface area contributed by atoms with Crippen LogP contribution in [0.25, 0.3) is 0 Å². The Morgan fingerprint density at radius 3 is 3.00 bits per heavy atom. The number of anilines is 1. The minimum atomic E-state index is -0.458. The van der Waals surface area contributed by atoms with Gasteiger partial charge in [0.05, 0.1) is 5.69 Å². The third kappa shape index (κ3) is 2.59. The van der Waals surface area contributed by atoms with Crippen LogP contribution in [-0.4, -0.2) is 18.6 Å². The average Bonchev–Trinajstić information content (AvgIpc) is 2.75. The number of hydrogen-bond donors (Lipinski definition) is 1. The van der Waals surface area contributed by atoms with E-state index in [-0.39, 0.29) is 11.6 Å². The molecular formula is C11H11BrFNO2. The van der Waals surface area contributed by atoms with Crippen LogP contribution in [0.5, 0.6) is 0 Å². The molecule has 1 aliphatic rings. The highest BCUT2D eigenvalue weighted by atomic mass is 79.9. The summed E-state index contributed by atoms with van der Waals surface area (Å²) in [6.07, 6.45) is 1.13. The minimum absolute atomic E-state index is 0.184. The summed E-state index contributed by atoms with van der Waals surface area (Å²) in [5, 5.41) is 2.52. The van der Waals surface area contributed by atoms with Gasteiger partial charge in [0.25, 0.3) is 5.91 Å². The topological polar surface area (TPSA) is 38.3 Å². The summed E-state index contributed by atoms with van der Waals surface area (Å²) in [5.74, 6) is -0.737. The summed E-state index contributed by atoms with van der Waals surface area (Å²) in [6, 6.07) is 4.51. The maximum Gasteiger partial charge on any atom is 0.253 e. The van der Waals surface area contributed by atoms with E-state index in [2.05, 4.69) is 21.2 Å². The summed E-state index contributed by atoms with van der Waals surface area (Å²) in [4.78, 5) is 11.6. The maximum absolute atomic E-state index is 13.4. The summed E-state index contributed by atoms with van der Waals surface area (Å²) in [7, 11) is 0. The Balaban J connectivity index is 2.05. The lowest BCUT2D eigenvalue weighted by molar-refractivity contribution is -0.124. The highest BCUT2D eigenvalue weighted by Gasteiger charge is 2.24. The Hall–Kier alpha value is -0.940. The maximum atomic E-state index is 13.4. The van der Waals surface area contributed by atoms with E-state index in [9.17, 15) is 9.18 Å². The molecule has 0 spiro atoms. The minimum Gasteiger partial charge on any atom is -0.368 e. The molecule has 86 valence electrons. The Kier molecular flexibility index (Phi) is 3.56. The zero-order valence-corrected chi connectivity index (χ0v) is 10.1. The molecule has 0 unspecified atom stereocenters. The van der Waals surface area contributed by atoms with Crippen molar-refractivity contribution < 1.29 is 13.9 Å². The van der Waals surface area contributed by atoms with Crippen LogP contribution >= 0.6 is 15.9 Å². The van der Waals surface area contributed by atoms with Crippen molar-refractivity contribution in [1.29, 1.82) is 0 Å². The van der Waals surface area contributed by atoms with Gasteiger partial charge in [-0.3, -0.25) is 4.79 Å². The molecule has 0 aliphatic carbocycles. The molecule has 1 heterocycles. The first-order valence-corrected chi connectivity index (χ1v) is 5.83. The zero-order chi connectivity index (χ0) is 11.5. The molecule has 0 bridgehead atoms. The van der Waals surface area contributed by atoms with Crippen molar-refractivity contribution in [1.82, 2.24) is 0 Å². The molecule has 1 aromatic carbocycles. The van der Waals surface area contributed by atoms with Crippen LogP contribution in [0.2, 0.25) is 0 Å². The summed E-state index contributed by atoms with van der Waals surface area (Å²) < 4.78 is 19.3. The van der Waals surface area contributed by atoms with E-state index in [1.165, 1.54) is 12.1 Å². The van der Waals surface area contributed by atoms with Gasteiger partial charge in [-0.2, -0.15) is 0 Å². The van der Waals surface area contributed by atoms with Gasteiger partial charge in [0.1, 0.15) is 11.9 Å². The third-order valence-electron chi connectivity index (χ3n) is 2.41. The normalized spacial score (nSPS) is 19.8. The lowest BCUT2D eigenvalue weighted by Gasteiger charge is -2.11. The second-order valence-corrected chi connectivity index (χ2v) is 4.53. The molecule has 1 aromatic rings. The number of carbonyl (C=O) groups is 1. The molecule has 2 rings (SSSR count). The van der Waals surface area contributed by atoms with E-state index < -0.39 is 11.9 Å². The lowest BCUT2D eigenvalue weighted by Crippen LogP contribution is -2.27. The van der Waals surface area contributed by atoms with Gasteiger partial charge in [-0.05, 0) is 31.0 Å². The van der Waals surface area contributed by atoms with Gasteiger partial charge in [0, 0.05) is 11.1 Å². The highest BCUT2D eigenvalue weighted by Crippen LogP contribution is 2.21. The standard InChI is InChI=1S/C11H11BrFNO2/c12-7-3-4-9(8(13)6-7)14-11(15)10-2-1-5-16-10/h3-4,6,10H,1-2,5H2,(H,14,15)/t10-/m0/s1. The monoisotopic (exact) mass is 287 g/mol. The second-order valence-electron chi connectivity index (χ2n) is 3.62. The second kappa shape index (κ2) is 4.93. The Bertz CT molecular complexity index is 405. The van der Waals surface area contributed by atoms with Gasteiger partial charge in [0.15, 0.2) is 0 Å². The van der Waals surface area contributed by atoms with Crippen LogP contribution in [0.4, 0.5) is 10.1 Å². The molecule has 1 saturated heterocycles. The molecule has 0 aromatic heterocycles. The molecule has 16 heavy (non-hydrogen) atoms.